The van der Waals surface area contributed by atoms with Crippen molar-refractivity contribution in [2.24, 2.45) is 5.92 Å². The van der Waals surface area contributed by atoms with Gasteiger partial charge in [0.2, 0.25) is 0 Å². The predicted octanol–water partition coefficient (Wildman–Crippen LogP) is 2.22. The first-order chi connectivity index (χ1) is 5.16. The third kappa shape index (κ3) is 6.88. The van der Waals surface area contributed by atoms with Crippen molar-refractivity contribution in [3.05, 3.63) is 17.9 Å². The first-order valence-electron chi connectivity index (χ1n) is 3.79. The Kier molecular flexibility index (Phi) is 5.22. The van der Waals surface area contributed by atoms with Crippen LogP contribution >= 0.6 is 0 Å². The second-order valence-electron chi connectivity index (χ2n) is 2.52. The lowest BCUT2D eigenvalue weighted by Crippen LogP contribution is -2.00. The van der Waals surface area contributed by atoms with Gasteiger partial charge in [-0.25, -0.2) is 0 Å². The van der Waals surface area contributed by atoms with Crippen molar-refractivity contribution < 1.29 is 9.90 Å². The summed E-state index contributed by atoms with van der Waals surface area (Å²) in [6, 6.07) is 0. The largest absolute Gasteiger partial charge is 0.481 e. The Bertz CT molecular complexity index is 176. The van der Waals surface area contributed by atoms with Crippen LogP contribution in [-0.4, -0.2) is 11.1 Å². The van der Waals surface area contributed by atoms with E-state index >= 15 is 0 Å². The summed E-state index contributed by atoms with van der Waals surface area (Å²) in [5, 5.41) is 8.38. The number of hydrogen-bond donors (Lipinski definition) is 1. The van der Waals surface area contributed by atoms with Crippen molar-refractivity contribution >= 4 is 5.97 Å². The predicted molar refractivity (Wildman–Crippen MR) is 44.4 cm³/mol. The minimum atomic E-state index is -0.757. The molecule has 0 aliphatic carbocycles. The van der Waals surface area contributed by atoms with Crippen molar-refractivity contribution in [1.29, 1.82) is 0 Å². The molecule has 0 aliphatic heterocycles. The maximum Gasteiger partial charge on any atom is 0.303 e. The van der Waals surface area contributed by atoms with Crippen molar-refractivity contribution in [1.82, 2.24) is 0 Å². The SMILES string of the molecule is CCC=C=C[C@H](C)CC(=O)O. The van der Waals surface area contributed by atoms with Crippen LogP contribution in [0.3, 0.4) is 0 Å². The third-order valence-electron chi connectivity index (χ3n) is 1.20. The zero-order chi connectivity index (χ0) is 8.69. The molecule has 0 rings (SSSR count). The van der Waals surface area contributed by atoms with Crippen LogP contribution in [0.15, 0.2) is 17.9 Å². The molecule has 0 heterocycles. The highest BCUT2D eigenvalue weighted by molar-refractivity contribution is 5.67. The molecular weight excluding hydrogens is 140 g/mol. The van der Waals surface area contributed by atoms with Gasteiger partial charge in [0.15, 0.2) is 0 Å². The van der Waals surface area contributed by atoms with E-state index in [2.05, 4.69) is 5.73 Å². The van der Waals surface area contributed by atoms with Crippen molar-refractivity contribution in [3.63, 3.8) is 0 Å². The number of carboxylic acid groups (broad SMARTS) is 1. The van der Waals surface area contributed by atoms with Crippen molar-refractivity contribution in [3.8, 4) is 0 Å². The van der Waals surface area contributed by atoms with E-state index in [-0.39, 0.29) is 12.3 Å². The standard InChI is InChI=1S/C9H14O2/c1-3-4-5-6-8(2)7-9(10)11/h4,6,8H,3,7H2,1-2H3,(H,10,11)/t5?,8-/m0/s1. The topological polar surface area (TPSA) is 37.3 Å². The van der Waals surface area contributed by atoms with Gasteiger partial charge in [-0.1, -0.05) is 13.8 Å². The smallest absolute Gasteiger partial charge is 0.303 e. The number of carbonyl (C=O) groups is 1. The molecular formula is C9H14O2. The zero-order valence-electron chi connectivity index (χ0n) is 7.00. The molecule has 2 nitrogen and oxygen atoms in total. The lowest BCUT2D eigenvalue weighted by Gasteiger charge is -1.96. The van der Waals surface area contributed by atoms with Gasteiger partial charge in [-0.2, -0.15) is 0 Å². The summed E-state index contributed by atoms with van der Waals surface area (Å²) in [5.41, 5.74) is 2.93. The fourth-order valence-electron chi connectivity index (χ4n) is 0.685. The van der Waals surface area contributed by atoms with Crippen LogP contribution in [0.2, 0.25) is 0 Å². The molecule has 62 valence electrons. The number of aliphatic carboxylic acids is 1. The molecule has 0 radical (unpaired) electrons. The second-order valence-corrected chi connectivity index (χ2v) is 2.52. The van der Waals surface area contributed by atoms with E-state index in [0.717, 1.165) is 6.42 Å². The molecule has 0 saturated heterocycles. The van der Waals surface area contributed by atoms with E-state index in [1.165, 1.54) is 0 Å². The van der Waals surface area contributed by atoms with Crippen LogP contribution in [0, 0.1) is 5.92 Å². The minimum absolute atomic E-state index is 0.0790. The molecule has 0 aromatic carbocycles. The third-order valence-corrected chi connectivity index (χ3v) is 1.20. The number of allylic oxidation sites excluding steroid dienone is 1. The van der Waals surface area contributed by atoms with E-state index in [1.807, 2.05) is 19.9 Å². The molecule has 0 bridgehead atoms. The normalized spacial score (nSPS) is 11.5. The molecule has 0 aromatic heterocycles. The molecule has 0 fully saturated rings. The maximum atomic E-state index is 10.2. The molecule has 0 saturated carbocycles. The minimum Gasteiger partial charge on any atom is -0.481 e. The van der Waals surface area contributed by atoms with Gasteiger partial charge in [-0.15, -0.1) is 5.73 Å². The molecule has 2 heteroatoms. The van der Waals surface area contributed by atoms with Crippen LogP contribution in [0.1, 0.15) is 26.7 Å². The molecule has 0 spiro atoms. The van der Waals surface area contributed by atoms with Crippen LogP contribution in [0.5, 0.6) is 0 Å². The lowest BCUT2D eigenvalue weighted by atomic mass is 10.1. The molecule has 11 heavy (non-hydrogen) atoms. The van der Waals surface area contributed by atoms with Gasteiger partial charge in [0.1, 0.15) is 0 Å². The molecule has 0 aromatic rings. The Balaban J connectivity index is 3.76. The highest BCUT2D eigenvalue weighted by Gasteiger charge is 2.01. The number of carboxylic acids is 1. The molecule has 1 N–H and O–H groups in total. The summed E-state index contributed by atoms with van der Waals surface area (Å²) in [5.74, 6) is -0.678. The summed E-state index contributed by atoms with van der Waals surface area (Å²) in [6.07, 6.45) is 4.80. The maximum absolute atomic E-state index is 10.2. The Morgan fingerprint density at radius 3 is 2.82 bits per heavy atom. The average molecular weight is 154 g/mol. The lowest BCUT2D eigenvalue weighted by molar-refractivity contribution is -0.137. The summed E-state index contributed by atoms with van der Waals surface area (Å²) < 4.78 is 0. The van der Waals surface area contributed by atoms with Gasteiger partial charge in [-0.3, -0.25) is 4.79 Å². The van der Waals surface area contributed by atoms with Gasteiger partial charge in [-0.05, 0) is 24.5 Å². The molecule has 0 amide bonds. The summed E-state index contributed by atoms with van der Waals surface area (Å²) in [6.45, 7) is 3.88. The second kappa shape index (κ2) is 5.75. The quantitative estimate of drug-likeness (QED) is 0.630. The van der Waals surface area contributed by atoms with Crippen LogP contribution in [0.4, 0.5) is 0 Å². The Labute approximate surface area is 67.2 Å². The number of rotatable bonds is 4. The fraction of sp³-hybridized carbons (Fsp3) is 0.556. The van der Waals surface area contributed by atoms with Crippen LogP contribution in [0.25, 0.3) is 0 Å². The summed E-state index contributed by atoms with van der Waals surface area (Å²) in [7, 11) is 0. The monoisotopic (exact) mass is 154 g/mol. The zero-order valence-corrected chi connectivity index (χ0v) is 7.00. The number of hydrogen-bond acceptors (Lipinski definition) is 1. The highest BCUT2D eigenvalue weighted by atomic mass is 16.4. The van der Waals surface area contributed by atoms with E-state index in [0.29, 0.717) is 0 Å². The first-order valence-corrected chi connectivity index (χ1v) is 3.79. The molecule has 0 aliphatic rings. The van der Waals surface area contributed by atoms with Gasteiger partial charge in [0.05, 0.1) is 6.42 Å². The van der Waals surface area contributed by atoms with Crippen molar-refractivity contribution in [2.75, 3.05) is 0 Å². The first kappa shape index (κ1) is 9.99. The highest BCUT2D eigenvalue weighted by Crippen LogP contribution is 2.01. The summed E-state index contributed by atoms with van der Waals surface area (Å²) >= 11 is 0. The summed E-state index contributed by atoms with van der Waals surface area (Å²) in [4.78, 5) is 10.2. The van der Waals surface area contributed by atoms with E-state index in [4.69, 9.17) is 5.11 Å². The van der Waals surface area contributed by atoms with E-state index in [1.54, 1.807) is 6.08 Å². The Morgan fingerprint density at radius 1 is 1.73 bits per heavy atom. The van der Waals surface area contributed by atoms with Gasteiger partial charge in [0.25, 0.3) is 0 Å². The molecule has 0 unspecified atom stereocenters. The van der Waals surface area contributed by atoms with Gasteiger partial charge < -0.3 is 5.11 Å². The van der Waals surface area contributed by atoms with Crippen LogP contribution in [-0.2, 0) is 4.79 Å². The van der Waals surface area contributed by atoms with E-state index in [9.17, 15) is 4.79 Å². The fourth-order valence-corrected chi connectivity index (χ4v) is 0.685. The molecule has 1 atom stereocenters. The Hall–Kier alpha value is -1.01. The van der Waals surface area contributed by atoms with Crippen molar-refractivity contribution in [2.45, 2.75) is 26.7 Å². The van der Waals surface area contributed by atoms with E-state index < -0.39 is 5.97 Å². The van der Waals surface area contributed by atoms with Crippen LogP contribution < -0.4 is 0 Å². The van der Waals surface area contributed by atoms with Gasteiger partial charge in [0, 0.05) is 0 Å². The van der Waals surface area contributed by atoms with Gasteiger partial charge >= 0.3 is 5.97 Å². The average Bonchev–Trinajstić information content (AvgIpc) is 1.86. The Morgan fingerprint density at radius 2 is 2.36 bits per heavy atom.